The van der Waals surface area contributed by atoms with Gasteiger partial charge in [0.2, 0.25) is 5.91 Å². The maximum atomic E-state index is 12.0. The molecule has 0 aromatic heterocycles. The van der Waals surface area contributed by atoms with Gasteiger partial charge in [-0.1, -0.05) is 41.9 Å². The number of nitrogens with one attached hydrogen (secondary N) is 1. The van der Waals surface area contributed by atoms with Crippen molar-refractivity contribution in [2.24, 2.45) is 0 Å². The van der Waals surface area contributed by atoms with E-state index < -0.39 is 0 Å². The van der Waals surface area contributed by atoms with Crippen LogP contribution in [0.2, 0.25) is 5.02 Å². The molecular weight excluding hydrogens is 328 g/mol. The molecule has 1 amide bonds. The zero-order valence-corrected chi connectivity index (χ0v) is 14.0. The maximum Gasteiger partial charge on any atom is 0.231 e. The van der Waals surface area contributed by atoms with Crippen molar-refractivity contribution in [3.8, 4) is 11.5 Å². The zero-order valence-electron chi connectivity index (χ0n) is 13.2. The Bertz CT molecular complexity index is 795. The second-order valence-electron chi connectivity index (χ2n) is 5.93. The third-order valence-electron chi connectivity index (χ3n) is 4.33. The van der Waals surface area contributed by atoms with Gasteiger partial charge in [-0.3, -0.25) is 10.1 Å². The fourth-order valence-electron chi connectivity index (χ4n) is 3.08. The number of likely N-dealkylation sites (N-methyl/N-ethyl adjacent to an activating group) is 1. The summed E-state index contributed by atoms with van der Waals surface area (Å²) < 4.78 is 11.9. The summed E-state index contributed by atoms with van der Waals surface area (Å²) in [5, 5.41) is 3.84. The van der Waals surface area contributed by atoms with Gasteiger partial charge in [-0.15, -0.1) is 0 Å². The van der Waals surface area contributed by atoms with Crippen LogP contribution in [-0.2, 0) is 17.8 Å². The van der Waals surface area contributed by atoms with Crippen LogP contribution >= 0.6 is 11.6 Å². The third kappa shape index (κ3) is 2.60. The number of carbonyl (C=O) groups is 1. The Labute approximate surface area is 145 Å². The molecule has 0 saturated carbocycles. The van der Waals surface area contributed by atoms with Gasteiger partial charge >= 0.3 is 0 Å². The van der Waals surface area contributed by atoms with E-state index in [9.17, 15) is 4.79 Å². The van der Waals surface area contributed by atoms with Crippen molar-refractivity contribution < 1.29 is 14.3 Å². The SMILES string of the molecule is CN1C(=O)Cc2c3c(cc(Cl)c21)OCC(NCc1ccccc1)O3. The number of benzene rings is 2. The Morgan fingerprint density at radius 2 is 2.12 bits per heavy atom. The van der Waals surface area contributed by atoms with Gasteiger partial charge in [-0.2, -0.15) is 0 Å². The fraction of sp³-hybridized carbons (Fsp3) is 0.278. The number of fused-ring (bicyclic) bond motifs is 3. The summed E-state index contributed by atoms with van der Waals surface area (Å²) >= 11 is 6.30. The molecule has 0 spiro atoms. The lowest BCUT2D eigenvalue weighted by atomic mass is 10.1. The summed E-state index contributed by atoms with van der Waals surface area (Å²) in [6, 6.07) is 11.8. The summed E-state index contributed by atoms with van der Waals surface area (Å²) in [5.74, 6) is 1.21. The van der Waals surface area contributed by atoms with E-state index in [1.165, 1.54) is 5.56 Å². The second kappa shape index (κ2) is 6.00. The van der Waals surface area contributed by atoms with Gasteiger partial charge in [0, 0.05) is 25.2 Å². The van der Waals surface area contributed by atoms with Crippen LogP contribution in [0.4, 0.5) is 5.69 Å². The highest BCUT2D eigenvalue weighted by Gasteiger charge is 2.35. The lowest BCUT2D eigenvalue weighted by molar-refractivity contribution is -0.117. The standard InChI is InChI=1S/C18H17ClN2O3/c1-21-16(22)7-12-17(21)13(19)8-14-18(12)24-15(10-23-14)20-9-11-5-3-2-4-6-11/h2-6,8,15,20H,7,9-10H2,1H3. The van der Waals surface area contributed by atoms with E-state index in [1.54, 1.807) is 18.0 Å². The molecule has 0 bridgehead atoms. The van der Waals surface area contributed by atoms with Gasteiger partial charge in [0.15, 0.2) is 17.7 Å². The number of hydrogen-bond donors (Lipinski definition) is 1. The van der Waals surface area contributed by atoms with Crippen molar-refractivity contribution in [3.63, 3.8) is 0 Å². The van der Waals surface area contributed by atoms with Crippen LogP contribution in [0, 0.1) is 0 Å². The molecule has 0 saturated heterocycles. The molecule has 0 fully saturated rings. The van der Waals surface area contributed by atoms with Gasteiger partial charge in [-0.25, -0.2) is 0 Å². The highest BCUT2D eigenvalue weighted by molar-refractivity contribution is 6.35. The van der Waals surface area contributed by atoms with E-state index in [4.69, 9.17) is 21.1 Å². The molecule has 24 heavy (non-hydrogen) atoms. The van der Waals surface area contributed by atoms with Gasteiger partial charge in [0.05, 0.1) is 17.1 Å². The van der Waals surface area contributed by atoms with Crippen molar-refractivity contribution in [1.82, 2.24) is 5.32 Å². The molecule has 2 aliphatic heterocycles. The van der Waals surface area contributed by atoms with Crippen LogP contribution in [0.1, 0.15) is 11.1 Å². The number of carbonyl (C=O) groups excluding carboxylic acids is 1. The van der Waals surface area contributed by atoms with E-state index in [1.807, 2.05) is 18.2 Å². The van der Waals surface area contributed by atoms with Crippen LogP contribution in [0.15, 0.2) is 36.4 Å². The number of ether oxygens (including phenoxy) is 2. The summed E-state index contributed by atoms with van der Waals surface area (Å²) in [7, 11) is 1.72. The predicted octanol–water partition coefficient (Wildman–Crippen LogP) is 2.75. The van der Waals surface area contributed by atoms with Crippen molar-refractivity contribution in [2.75, 3.05) is 18.6 Å². The number of hydrogen-bond acceptors (Lipinski definition) is 4. The van der Waals surface area contributed by atoms with Crippen LogP contribution < -0.4 is 19.7 Å². The molecule has 5 nitrogen and oxygen atoms in total. The lowest BCUT2D eigenvalue weighted by Crippen LogP contribution is -2.41. The summed E-state index contributed by atoms with van der Waals surface area (Å²) in [6.45, 7) is 1.07. The minimum absolute atomic E-state index is 0.00303. The summed E-state index contributed by atoms with van der Waals surface area (Å²) in [6.07, 6.45) is 0.00716. The van der Waals surface area contributed by atoms with E-state index in [0.717, 1.165) is 5.56 Å². The van der Waals surface area contributed by atoms with Crippen molar-refractivity contribution >= 4 is 23.2 Å². The first-order valence-electron chi connectivity index (χ1n) is 7.82. The first kappa shape index (κ1) is 15.3. The quantitative estimate of drug-likeness (QED) is 0.930. The topological polar surface area (TPSA) is 50.8 Å². The number of halogens is 1. The molecular formula is C18H17ClN2O3. The first-order valence-corrected chi connectivity index (χ1v) is 8.20. The lowest BCUT2D eigenvalue weighted by Gasteiger charge is -2.29. The minimum atomic E-state index is -0.274. The van der Waals surface area contributed by atoms with E-state index in [2.05, 4.69) is 17.4 Å². The summed E-state index contributed by atoms with van der Waals surface area (Å²) in [5.41, 5.74) is 2.69. The van der Waals surface area contributed by atoms with Crippen LogP contribution in [-0.4, -0.2) is 25.8 Å². The fourth-order valence-corrected chi connectivity index (χ4v) is 3.42. The molecule has 2 aromatic carbocycles. The smallest absolute Gasteiger partial charge is 0.231 e. The van der Waals surface area contributed by atoms with E-state index in [-0.39, 0.29) is 18.6 Å². The third-order valence-corrected chi connectivity index (χ3v) is 4.62. The van der Waals surface area contributed by atoms with Crippen molar-refractivity contribution in [2.45, 2.75) is 19.2 Å². The minimum Gasteiger partial charge on any atom is -0.484 e. The molecule has 6 heteroatoms. The molecule has 1 atom stereocenters. The number of rotatable bonds is 3. The average Bonchev–Trinajstić information content (AvgIpc) is 2.90. The molecule has 1 unspecified atom stereocenters. The number of amides is 1. The number of nitrogens with zero attached hydrogens (tertiary/aromatic N) is 1. The van der Waals surface area contributed by atoms with Gasteiger partial charge in [-0.05, 0) is 5.56 Å². The highest BCUT2D eigenvalue weighted by Crippen LogP contribution is 2.47. The van der Waals surface area contributed by atoms with Crippen molar-refractivity contribution in [1.29, 1.82) is 0 Å². The molecule has 2 aliphatic rings. The Morgan fingerprint density at radius 3 is 2.92 bits per heavy atom. The van der Waals surface area contributed by atoms with Gasteiger partial charge < -0.3 is 14.4 Å². The van der Waals surface area contributed by atoms with Gasteiger partial charge in [0.25, 0.3) is 0 Å². The zero-order chi connectivity index (χ0) is 16.7. The molecule has 0 aliphatic carbocycles. The monoisotopic (exact) mass is 344 g/mol. The molecule has 2 aromatic rings. The normalized spacial score (nSPS) is 18.7. The Hall–Kier alpha value is -2.24. The second-order valence-corrected chi connectivity index (χ2v) is 6.33. The average molecular weight is 345 g/mol. The van der Waals surface area contributed by atoms with Crippen molar-refractivity contribution in [3.05, 3.63) is 52.5 Å². The van der Waals surface area contributed by atoms with Crippen LogP contribution in [0.25, 0.3) is 0 Å². The largest absolute Gasteiger partial charge is 0.484 e. The highest BCUT2D eigenvalue weighted by atomic mass is 35.5. The van der Waals surface area contributed by atoms with Crippen LogP contribution in [0.5, 0.6) is 11.5 Å². The maximum absolute atomic E-state index is 12.0. The number of anilines is 1. The molecule has 4 rings (SSSR count). The summed E-state index contributed by atoms with van der Waals surface area (Å²) in [4.78, 5) is 13.6. The molecule has 124 valence electrons. The molecule has 0 radical (unpaired) electrons. The Morgan fingerprint density at radius 1 is 1.33 bits per heavy atom. The van der Waals surface area contributed by atoms with Crippen LogP contribution in [0.3, 0.4) is 0 Å². The molecule has 2 heterocycles. The van der Waals surface area contributed by atoms with Gasteiger partial charge in [0.1, 0.15) is 6.61 Å². The molecule has 1 N–H and O–H groups in total. The van der Waals surface area contributed by atoms with E-state index in [0.29, 0.717) is 35.4 Å². The Balaban J connectivity index is 1.56. The first-order chi connectivity index (χ1) is 11.6. The predicted molar refractivity (Wildman–Crippen MR) is 91.8 cm³/mol. The Kier molecular flexibility index (Phi) is 3.82. The van der Waals surface area contributed by atoms with E-state index >= 15 is 0 Å².